The average Bonchev–Trinajstić information content (AvgIpc) is 3.07. The number of aryl methyl sites for hydroxylation is 2. The van der Waals surface area contributed by atoms with Gasteiger partial charge in [0.15, 0.2) is 11.5 Å². The molecule has 4 rings (SSSR count). The van der Waals surface area contributed by atoms with Crippen LogP contribution in [0.2, 0.25) is 0 Å². The second-order valence-electron chi connectivity index (χ2n) is 7.94. The van der Waals surface area contributed by atoms with Crippen LogP contribution in [0.3, 0.4) is 0 Å². The number of nitrogens with zero attached hydrogens (tertiary/aromatic N) is 1. The molecule has 34 heavy (non-hydrogen) atoms. The Morgan fingerprint density at radius 1 is 0.706 bits per heavy atom. The number of methoxy groups -OCH3 is 3. The van der Waals surface area contributed by atoms with E-state index >= 15 is 0 Å². The predicted octanol–water partition coefficient (Wildman–Crippen LogP) is 4.73. The molecule has 0 fully saturated rings. The molecule has 7 nitrogen and oxygen atoms in total. The van der Waals surface area contributed by atoms with Crippen molar-refractivity contribution in [2.75, 3.05) is 31.5 Å². The number of hydrogen-bond acceptors (Lipinski definition) is 6. The van der Waals surface area contributed by atoms with Gasteiger partial charge in [-0.3, -0.25) is 9.59 Å². The molecule has 0 saturated carbocycles. The standard InChI is InChI=1S/C27H26N2O5/c1-16-12-17(2)14-19(13-16)29-26(30)24(20-8-6-7-9-21(20)32-3)25(27(29)31)28-18-10-11-22(33-4)23(15-18)34-5/h6-15,28H,1-5H3. The first-order valence-corrected chi connectivity index (χ1v) is 10.7. The Morgan fingerprint density at radius 3 is 2.00 bits per heavy atom. The van der Waals surface area contributed by atoms with Gasteiger partial charge >= 0.3 is 0 Å². The van der Waals surface area contributed by atoms with Crippen LogP contribution in [0, 0.1) is 13.8 Å². The highest BCUT2D eigenvalue weighted by molar-refractivity contribution is 6.46. The first kappa shape index (κ1) is 22.9. The fraction of sp³-hybridized carbons (Fsp3) is 0.185. The molecule has 0 bridgehead atoms. The summed E-state index contributed by atoms with van der Waals surface area (Å²) in [6.07, 6.45) is 0. The number of ether oxygens (including phenoxy) is 3. The molecule has 0 aliphatic carbocycles. The zero-order valence-corrected chi connectivity index (χ0v) is 19.8. The van der Waals surface area contributed by atoms with Crippen LogP contribution in [0.5, 0.6) is 17.2 Å². The maximum atomic E-state index is 13.7. The second kappa shape index (κ2) is 9.31. The van der Waals surface area contributed by atoms with Crippen LogP contribution in [-0.2, 0) is 9.59 Å². The average molecular weight is 459 g/mol. The molecule has 0 saturated heterocycles. The lowest BCUT2D eigenvalue weighted by atomic mass is 10.0. The van der Waals surface area contributed by atoms with E-state index in [1.54, 1.807) is 43.5 Å². The highest BCUT2D eigenvalue weighted by Crippen LogP contribution is 2.38. The Bertz CT molecular complexity index is 1290. The smallest absolute Gasteiger partial charge is 0.282 e. The van der Waals surface area contributed by atoms with Gasteiger partial charge in [0, 0.05) is 17.3 Å². The van der Waals surface area contributed by atoms with Crippen molar-refractivity contribution in [3.05, 3.63) is 83.1 Å². The van der Waals surface area contributed by atoms with E-state index < -0.39 is 11.8 Å². The summed E-state index contributed by atoms with van der Waals surface area (Å²) >= 11 is 0. The number of benzene rings is 3. The zero-order valence-electron chi connectivity index (χ0n) is 19.8. The third-order valence-corrected chi connectivity index (χ3v) is 5.58. The summed E-state index contributed by atoms with van der Waals surface area (Å²) in [6.45, 7) is 3.86. The quantitative estimate of drug-likeness (QED) is 0.516. The molecule has 3 aromatic carbocycles. The molecule has 2 amide bonds. The van der Waals surface area contributed by atoms with E-state index in [0.29, 0.717) is 34.2 Å². The molecule has 174 valence electrons. The number of anilines is 2. The van der Waals surface area contributed by atoms with Crippen LogP contribution in [0.15, 0.2) is 66.4 Å². The third kappa shape index (κ3) is 4.08. The van der Waals surface area contributed by atoms with Crippen molar-refractivity contribution < 1.29 is 23.8 Å². The molecule has 7 heteroatoms. The first-order valence-electron chi connectivity index (χ1n) is 10.7. The van der Waals surface area contributed by atoms with Crippen molar-refractivity contribution in [3.63, 3.8) is 0 Å². The lowest BCUT2D eigenvalue weighted by Crippen LogP contribution is -2.32. The van der Waals surface area contributed by atoms with E-state index in [4.69, 9.17) is 14.2 Å². The summed E-state index contributed by atoms with van der Waals surface area (Å²) < 4.78 is 16.2. The highest BCUT2D eigenvalue weighted by Gasteiger charge is 2.41. The monoisotopic (exact) mass is 458 g/mol. The molecule has 3 aromatic rings. The minimum absolute atomic E-state index is 0.154. The maximum Gasteiger partial charge on any atom is 0.282 e. The summed E-state index contributed by atoms with van der Waals surface area (Å²) in [5.41, 5.74) is 3.91. The third-order valence-electron chi connectivity index (χ3n) is 5.58. The zero-order chi connectivity index (χ0) is 24.4. The van der Waals surface area contributed by atoms with E-state index in [-0.39, 0.29) is 11.3 Å². The van der Waals surface area contributed by atoms with E-state index in [9.17, 15) is 9.59 Å². The van der Waals surface area contributed by atoms with Crippen molar-refractivity contribution in [1.82, 2.24) is 0 Å². The normalized spacial score (nSPS) is 13.4. The maximum absolute atomic E-state index is 13.7. The largest absolute Gasteiger partial charge is 0.496 e. The summed E-state index contributed by atoms with van der Waals surface area (Å²) in [5.74, 6) is 0.660. The van der Waals surface area contributed by atoms with Gasteiger partial charge in [-0.25, -0.2) is 4.90 Å². The Kier molecular flexibility index (Phi) is 6.27. The summed E-state index contributed by atoms with van der Waals surface area (Å²) in [5, 5.41) is 3.15. The van der Waals surface area contributed by atoms with Gasteiger partial charge in [-0.1, -0.05) is 24.3 Å². The van der Waals surface area contributed by atoms with Crippen LogP contribution in [0.4, 0.5) is 11.4 Å². The van der Waals surface area contributed by atoms with Gasteiger partial charge in [0.25, 0.3) is 11.8 Å². The number of nitrogens with one attached hydrogen (secondary N) is 1. The fourth-order valence-corrected chi connectivity index (χ4v) is 4.12. The van der Waals surface area contributed by atoms with Gasteiger partial charge in [0.2, 0.25) is 0 Å². The number of hydrogen-bond donors (Lipinski definition) is 1. The SMILES string of the molecule is COc1ccc(NC2=C(c3ccccc3OC)C(=O)N(c3cc(C)cc(C)c3)C2=O)cc1OC. The van der Waals surface area contributed by atoms with E-state index in [1.807, 2.05) is 38.1 Å². The lowest BCUT2D eigenvalue weighted by Gasteiger charge is -2.17. The molecule has 1 aliphatic heterocycles. The van der Waals surface area contributed by atoms with Gasteiger partial charge in [-0.05, 0) is 55.3 Å². The summed E-state index contributed by atoms with van der Waals surface area (Å²) in [4.78, 5) is 28.6. The van der Waals surface area contributed by atoms with Crippen LogP contribution < -0.4 is 24.4 Å². The van der Waals surface area contributed by atoms with Crippen LogP contribution >= 0.6 is 0 Å². The summed E-state index contributed by atoms with van der Waals surface area (Å²) in [7, 11) is 4.62. The number of rotatable bonds is 7. The van der Waals surface area contributed by atoms with Crippen molar-refractivity contribution in [2.24, 2.45) is 0 Å². The van der Waals surface area contributed by atoms with E-state index in [0.717, 1.165) is 11.1 Å². The van der Waals surface area contributed by atoms with Crippen LogP contribution in [0.1, 0.15) is 16.7 Å². The van der Waals surface area contributed by atoms with Gasteiger partial charge in [0.05, 0.1) is 32.6 Å². The molecule has 0 aromatic heterocycles. The number of imide groups is 1. The van der Waals surface area contributed by atoms with Gasteiger partial charge in [-0.2, -0.15) is 0 Å². The molecule has 0 spiro atoms. The van der Waals surface area contributed by atoms with E-state index in [1.165, 1.54) is 19.1 Å². The Morgan fingerprint density at radius 2 is 1.35 bits per heavy atom. The molecule has 0 atom stereocenters. The summed E-state index contributed by atoms with van der Waals surface area (Å²) in [6, 6.07) is 18.0. The molecular weight excluding hydrogens is 432 g/mol. The first-order chi connectivity index (χ1) is 16.4. The Labute approximate surface area is 198 Å². The molecule has 1 heterocycles. The van der Waals surface area contributed by atoms with Gasteiger partial charge in [-0.15, -0.1) is 0 Å². The van der Waals surface area contributed by atoms with Crippen molar-refractivity contribution in [1.29, 1.82) is 0 Å². The molecule has 1 N–H and O–H groups in total. The second-order valence-corrected chi connectivity index (χ2v) is 7.94. The number of para-hydroxylation sites is 1. The van der Waals surface area contributed by atoms with E-state index in [2.05, 4.69) is 5.32 Å². The van der Waals surface area contributed by atoms with Crippen molar-refractivity contribution in [2.45, 2.75) is 13.8 Å². The van der Waals surface area contributed by atoms with Crippen molar-refractivity contribution >= 4 is 28.8 Å². The topological polar surface area (TPSA) is 77.1 Å². The number of carbonyl (C=O) groups is 2. The minimum atomic E-state index is -0.453. The van der Waals surface area contributed by atoms with Crippen molar-refractivity contribution in [3.8, 4) is 17.2 Å². The molecular formula is C27H26N2O5. The van der Waals surface area contributed by atoms with Gasteiger partial charge < -0.3 is 19.5 Å². The lowest BCUT2D eigenvalue weighted by molar-refractivity contribution is -0.120. The van der Waals surface area contributed by atoms with Gasteiger partial charge in [0.1, 0.15) is 11.4 Å². The molecule has 0 radical (unpaired) electrons. The minimum Gasteiger partial charge on any atom is -0.496 e. The van der Waals surface area contributed by atoms with Crippen LogP contribution in [-0.4, -0.2) is 33.1 Å². The Hall–Kier alpha value is -4.26. The predicted molar refractivity (Wildman–Crippen MR) is 131 cm³/mol. The Balaban J connectivity index is 1.87. The number of amides is 2. The molecule has 0 unspecified atom stereocenters. The van der Waals surface area contributed by atoms with Crippen LogP contribution in [0.25, 0.3) is 5.57 Å². The molecule has 1 aliphatic rings. The number of carbonyl (C=O) groups excluding carboxylic acids is 2. The highest BCUT2D eigenvalue weighted by atomic mass is 16.5. The fourth-order valence-electron chi connectivity index (χ4n) is 4.12.